The minimum atomic E-state index is -0.192. The average Bonchev–Trinajstić information content (AvgIpc) is 3.21. The first-order valence-electron chi connectivity index (χ1n) is 8.03. The topological polar surface area (TPSA) is 44.7 Å². The summed E-state index contributed by atoms with van der Waals surface area (Å²) in [5.41, 5.74) is -0.192. The van der Waals surface area contributed by atoms with Crippen LogP contribution in [0.3, 0.4) is 0 Å². The minimum absolute atomic E-state index is 0.182. The molecule has 0 aliphatic heterocycles. The molecule has 0 bridgehead atoms. The van der Waals surface area contributed by atoms with E-state index in [0.29, 0.717) is 12.1 Å². The summed E-state index contributed by atoms with van der Waals surface area (Å²) in [6, 6.07) is 1.02. The van der Waals surface area contributed by atoms with Gasteiger partial charge in [0.2, 0.25) is 0 Å². The second kappa shape index (κ2) is 8.32. The third-order valence-corrected chi connectivity index (χ3v) is 4.40. The molecule has 20 heavy (non-hydrogen) atoms. The van der Waals surface area contributed by atoms with Crippen molar-refractivity contribution < 1.29 is 9.84 Å². The standard InChI is InChI=1S/C16H34N2O2/c1-13(2)17-16(4,12-19)8-9-18(10-11-20-5)14(3)15-6-7-15/h13-15,17,19H,6-12H2,1-5H3. The van der Waals surface area contributed by atoms with Gasteiger partial charge in [0, 0.05) is 37.8 Å². The molecule has 4 nitrogen and oxygen atoms in total. The molecule has 1 aliphatic rings. The van der Waals surface area contributed by atoms with Crippen molar-refractivity contribution >= 4 is 0 Å². The number of nitrogens with one attached hydrogen (secondary N) is 1. The number of hydrogen-bond donors (Lipinski definition) is 2. The molecule has 1 fully saturated rings. The Balaban J connectivity index is 2.50. The van der Waals surface area contributed by atoms with Crippen molar-refractivity contribution in [2.45, 2.75) is 64.6 Å². The van der Waals surface area contributed by atoms with Gasteiger partial charge in [-0.1, -0.05) is 13.8 Å². The zero-order valence-corrected chi connectivity index (χ0v) is 14.0. The van der Waals surface area contributed by atoms with E-state index >= 15 is 0 Å². The zero-order valence-electron chi connectivity index (χ0n) is 14.0. The SMILES string of the molecule is COCCN(CCC(C)(CO)NC(C)C)C(C)C1CC1. The molecule has 2 atom stereocenters. The molecule has 0 heterocycles. The summed E-state index contributed by atoms with van der Waals surface area (Å²) < 4.78 is 5.24. The van der Waals surface area contributed by atoms with Gasteiger partial charge in [0.15, 0.2) is 0 Å². The molecule has 0 aromatic heterocycles. The smallest absolute Gasteiger partial charge is 0.0611 e. The normalized spacial score (nSPS) is 20.4. The van der Waals surface area contributed by atoms with Crippen LogP contribution >= 0.6 is 0 Å². The van der Waals surface area contributed by atoms with Crippen LogP contribution in [0.5, 0.6) is 0 Å². The Bertz CT molecular complexity index is 269. The molecule has 2 N–H and O–H groups in total. The van der Waals surface area contributed by atoms with Gasteiger partial charge < -0.3 is 15.2 Å². The number of aliphatic hydroxyl groups excluding tert-OH is 1. The summed E-state index contributed by atoms with van der Waals surface area (Å²) in [5.74, 6) is 0.866. The van der Waals surface area contributed by atoms with E-state index in [1.807, 2.05) is 0 Å². The van der Waals surface area contributed by atoms with Crippen molar-refractivity contribution in [1.82, 2.24) is 10.2 Å². The first-order valence-corrected chi connectivity index (χ1v) is 8.03. The predicted molar refractivity (Wildman–Crippen MR) is 84.0 cm³/mol. The van der Waals surface area contributed by atoms with Gasteiger partial charge >= 0.3 is 0 Å². The van der Waals surface area contributed by atoms with Crippen molar-refractivity contribution in [1.29, 1.82) is 0 Å². The van der Waals surface area contributed by atoms with Crippen LogP contribution in [0, 0.1) is 5.92 Å². The number of hydrogen-bond acceptors (Lipinski definition) is 4. The van der Waals surface area contributed by atoms with Crippen LogP contribution in [-0.4, -0.2) is 61.0 Å². The third kappa shape index (κ3) is 6.08. The maximum atomic E-state index is 9.68. The molecule has 1 saturated carbocycles. The highest BCUT2D eigenvalue weighted by atomic mass is 16.5. The summed E-state index contributed by atoms with van der Waals surface area (Å²) >= 11 is 0. The summed E-state index contributed by atoms with van der Waals surface area (Å²) in [4.78, 5) is 2.52. The lowest BCUT2D eigenvalue weighted by Crippen LogP contribution is -2.51. The van der Waals surface area contributed by atoms with Crippen LogP contribution in [0.4, 0.5) is 0 Å². The van der Waals surface area contributed by atoms with Gasteiger partial charge in [-0.25, -0.2) is 0 Å². The highest BCUT2D eigenvalue weighted by Crippen LogP contribution is 2.35. The molecule has 1 rings (SSSR count). The van der Waals surface area contributed by atoms with Crippen LogP contribution in [0.2, 0.25) is 0 Å². The van der Waals surface area contributed by atoms with Gasteiger partial charge in [-0.05, 0) is 39.0 Å². The summed E-state index contributed by atoms with van der Waals surface area (Å²) in [6.45, 7) is 11.7. The molecular weight excluding hydrogens is 252 g/mol. The Morgan fingerprint density at radius 1 is 1.30 bits per heavy atom. The van der Waals surface area contributed by atoms with Crippen LogP contribution in [0.25, 0.3) is 0 Å². The minimum Gasteiger partial charge on any atom is -0.394 e. The molecular formula is C16H34N2O2. The number of methoxy groups -OCH3 is 1. The lowest BCUT2D eigenvalue weighted by Gasteiger charge is -2.36. The average molecular weight is 286 g/mol. The van der Waals surface area contributed by atoms with Gasteiger partial charge in [-0.3, -0.25) is 4.90 Å². The second-order valence-corrected chi connectivity index (χ2v) is 6.87. The Morgan fingerprint density at radius 3 is 2.40 bits per heavy atom. The van der Waals surface area contributed by atoms with E-state index in [-0.39, 0.29) is 12.1 Å². The fourth-order valence-electron chi connectivity index (χ4n) is 2.89. The first kappa shape index (κ1) is 17.9. The van der Waals surface area contributed by atoms with Gasteiger partial charge in [-0.2, -0.15) is 0 Å². The highest BCUT2D eigenvalue weighted by molar-refractivity contribution is 4.89. The summed E-state index contributed by atoms with van der Waals surface area (Å²) in [5, 5.41) is 13.2. The second-order valence-electron chi connectivity index (χ2n) is 6.87. The van der Waals surface area contributed by atoms with Gasteiger partial charge in [0.25, 0.3) is 0 Å². The molecule has 0 amide bonds. The number of aliphatic hydroxyl groups is 1. The van der Waals surface area contributed by atoms with E-state index in [1.165, 1.54) is 12.8 Å². The van der Waals surface area contributed by atoms with Gasteiger partial charge in [-0.15, -0.1) is 0 Å². The Morgan fingerprint density at radius 2 is 1.95 bits per heavy atom. The lowest BCUT2D eigenvalue weighted by atomic mass is 9.97. The molecule has 0 saturated heterocycles. The van der Waals surface area contributed by atoms with Gasteiger partial charge in [0.05, 0.1) is 13.2 Å². The van der Waals surface area contributed by atoms with E-state index in [1.54, 1.807) is 7.11 Å². The molecule has 4 heteroatoms. The predicted octanol–water partition coefficient (Wildman–Crippen LogP) is 1.87. The fraction of sp³-hybridized carbons (Fsp3) is 1.00. The van der Waals surface area contributed by atoms with Crippen molar-refractivity contribution in [2.24, 2.45) is 5.92 Å². The molecule has 0 radical (unpaired) electrons. The Hall–Kier alpha value is -0.160. The maximum absolute atomic E-state index is 9.68. The van der Waals surface area contributed by atoms with E-state index in [9.17, 15) is 5.11 Å². The molecule has 0 aromatic rings. The van der Waals surface area contributed by atoms with E-state index in [0.717, 1.165) is 32.0 Å². The largest absolute Gasteiger partial charge is 0.394 e. The van der Waals surface area contributed by atoms with Crippen molar-refractivity contribution in [2.75, 3.05) is 33.4 Å². The molecule has 120 valence electrons. The Kier molecular flexibility index (Phi) is 7.45. The van der Waals surface area contributed by atoms with Gasteiger partial charge in [0.1, 0.15) is 0 Å². The van der Waals surface area contributed by atoms with Crippen molar-refractivity contribution in [3.8, 4) is 0 Å². The number of nitrogens with zero attached hydrogens (tertiary/aromatic N) is 1. The van der Waals surface area contributed by atoms with Crippen molar-refractivity contribution in [3.05, 3.63) is 0 Å². The third-order valence-electron chi connectivity index (χ3n) is 4.40. The van der Waals surface area contributed by atoms with Crippen LogP contribution in [0.1, 0.15) is 47.0 Å². The summed E-state index contributed by atoms with van der Waals surface area (Å²) in [6.07, 6.45) is 3.70. The maximum Gasteiger partial charge on any atom is 0.0611 e. The molecule has 2 unspecified atom stereocenters. The van der Waals surface area contributed by atoms with E-state index < -0.39 is 0 Å². The van der Waals surface area contributed by atoms with E-state index in [2.05, 4.69) is 37.9 Å². The van der Waals surface area contributed by atoms with Crippen molar-refractivity contribution in [3.63, 3.8) is 0 Å². The summed E-state index contributed by atoms with van der Waals surface area (Å²) in [7, 11) is 1.76. The van der Waals surface area contributed by atoms with E-state index in [4.69, 9.17) is 4.74 Å². The van der Waals surface area contributed by atoms with Crippen LogP contribution in [0.15, 0.2) is 0 Å². The monoisotopic (exact) mass is 286 g/mol. The zero-order chi connectivity index (χ0) is 15.2. The quantitative estimate of drug-likeness (QED) is 0.609. The van der Waals surface area contributed by atoms with Crippen LogP contribution < -0.4 is 5.32 Å². The molecule has 0 aromatic carbocycles. The number of rotatable bonds is 11. The Labute approximate surface area is 124 Å². The van der Waals surface area contributed by atoms with Crippen LogP contribution in [-0.2, 0) is 4.74 Å². The lowest BCUT2D eigenvalue weighted by molar-refractivity contribution is 0.0925. The molecule has 0 spiro atoms. The first-order chi connectivity index (χ1) is 9.41. The molecule has 1 aliphatic carbocycles. The fourth-order valence-corrected chi connectivity index (χ4v) is 2.89. The number of ether oxygens (including phenoxy) is 1. The highest BCUT2D eigenvalue weighted by Gasteiger charge is 2.33.